The van der Waals surface area contributed by atoms with Crippen LogP contribution in [-0.4, -0.2) is 0 Å². The molecular weight excluding hydrogens is 136 g/mol. The van der Waals surface area contributed by atoms with Crippen LogP contribution in [0.4, 0.5) is 0 Å². The van der Waals surface area contributed by atoms with Crippen molar-refractivity contribution in [3.63, 3.8) is 0 Å². The fourth-order valence-electron chi connectivity index (χ4n) is 1.03. The third kappa shape index (κ3) is 1.97. The molecular formula is C10H13O-. The Bertz CT molecular complexity index is 213. The van der Waals surface area contributed by atoms with Gasteiger partial charge in [-0.3, -0.25) is 0 Å². The molecule has 0 aliphatic rings. The van der Waals surface area contributed by atoms with Crippen molar-refractivity contribution in [3.05, 3.63) is 29.8 Å². The molecule has 0 fully saturated rings. The predicted molar refractivity (Wildman–Crippen MR) is 44.6 cm³/mol. The number of hydrogen-bond donors (Lipinski definition) is 0. The van der Waals surface area contributed by atoms with E-state index in [9.17, 15) is 5.11 Å². The normalized spacial score (nSPS) is 12.9. The molecule has 0 aromatic heterocycles. The SMILES string of the molecule is CCC(C)c1ccc([O-])cc1. The zero-order chi connectivity index (χ0) is 8.27. The second-order valence-corrected chi connectivity index (χ2v) is 2.88. The second-order valence-electron chi connectivity index (χ2n) is 2.88. The average molecular weight is 149 g/mol. The van der Waals surface area contributed by atoms with Crippen LogP contribution < -0.4 is 5.11 Å². The first kappa shape index (κ1) is 8.12. The topological polar surface area (TPSA) is 23.1 Å². The van der Waals surface area contributed by atoms with Crippen molar-refractivity contribution >= 4 is 0 Å². The van der Waals surface area contributed by atoms with Crippen molar-refractivity contribution < 1.29 is 5.11 Å². The summed E-state index contributed by atoms with van der Waals surface area (Å²) in [4.78, 5) is 0. The van der Waals surface area contributed by atoms with Gasteiger partial charge in [0.1, 0.15) is 0 Å². The van der Waals surface area contributed by atoms with Crippen LogP contribution in [0.1, 0.15) is 31.7 Å². The minimum atomic E-state index is 0.0945. The number of rotatable bonds is 2. The van der Waals surface area contributed by atoms with Crippen LogP contribution in [0.15, 0.2) is 24.3 Å². The van der Waals surface area contributed by atoms with E-state index in [2.05, 4.69) is 13.8 Å². The highest BCUT2D eigenvalue weighted by molar-refractivity contribution is 5.26. The summed E-state index contributed by atoms with van der Waals surface area (Å²) in [6.45, 7) is 4.32. The molecule has 0 spiro atoms. The lowest BCUT2D eigenvalue weighted by molar-refractivity contribution is -0.268. The lowest BCUT2D eigenvalue weighted by Gasteiger charge is -2.10. The van der Waals surface area contributed by atoms with Crippen LogP contribution in [0.3, 0.4) is 0 Å². The lowest BCUT2D eigenvalue weighted by atomic mass is 9.99. The Balaban J connectivity index is 2.81. The molecule has 0 aliphatic carbocycles. The van der Waals surface area contributed by atoms with Gasteiger partial charge < -0.3 is 5.11 Å². The Kier molecular flexibility index (Phi) is 2.53. The molecule has 60 valence electrons. The van der Waals surface area contributed by atoms with Crippen molar-refractivity contribution in [3.8, 4) is 5.75 Å². The van der Waals surface area contributed by atoms with Gasteiger partial charge >= 0.3 is 0 Å². The molecule has 1 aromatic carbocycles. The van der Waals surface area contributed by atoms with E-state index in [4.69, 9.17) is 0 Å². The van der Waals surface area contributed by atoms with Gasteiger partial charge in [-0.05, 0) is 17.9 Å². The minimum absolute atomic E-state index is 0.0945. The van der Waals surface area contributed by atoms with E-state index < -0.39 is 0 Å². The summed E-state index contributed by atoms with van der Waals surface area (Å²) < 4.78 is 0. The highest BCUT2D eigenvalue weighted by atomic mass is 16.3. The van der Waals surface area contributed by atoms with E-state index in [1.165, 1.54) is 5.56 Å². The zero-order valence-electron chi connectivity index (χ0n) is 7.00. The van der Waals surface area contributed by atoms with Crippen molar-refractivity contribution in [1.82, 2.24) is 0 Å². The fraction of sp³-hybridized carbons (Fsp3) is 0.400. The van der Waals surface area contributed by atoms with Crippen molar-refractivity contribution in [2.24, 2.45) is 0 Å². The summed E-state index contributed by atoms with van der Waals surface area (Å²) in [6.07, 6.45) is 1.12. The van der Waals surface area contributed by atoms with Crippen LogP contribution in [0, 0.1) is 0 Å². The Hall–Kier alpha value is -0.980. The fourth-order valence-corrected chi connectivity index (χ4v) is 1.03. The molecule has 0 saturated carbocycles. The van der Waals surface area contributed by atoms with Gasteiger partial charge in [-0.1, -0.05) is 38.1 Å². The molecule has 1 nitrogen and oxygen atoms in total. The second kappa shape index (κ2) is 3.42. The summed E-state index contributed by atoms with van der Waals surface area (Å²) in [5, 5.41) is 10.7. The molecule has 0 saturated heterocycles. The minimum Gasteiger partial charge on any atom is -0.872 e. The quantitative estimate of drug-likeness (QED) is 0.632. The summed E-state index contributed by atoms with van der Waals surface area (Å²) in [5.41, 5.74) is 1.26. The smallest absolute Gasteiger partial charge is 0.0193 e. The van der Waals surface area contributed by atoms with Crippen LogP contribution in [0.2, 0.25) is 0 Å². The molecule has 1 aromatic rings. The van der Waals surface area contributed by atoms with E-state index >= 15 is 0 Å². The van der Waals surface area contributed by atoms with Crippen LogP contribution in [0.5, 0.6) is 5.75 Å². The maximum absolute atomic E-state index is 10.7. The molecule has 1 atom stereocenters. The molecule has 0 amide bonds. The third-order valence-electron chi connectivity index (χ3n) is 2.06. The zero-order valence-corrected chi connectivity index (χ0v) is 7.00. The van der Waals surface area contributed by atoms with E-state index in [1.807, 2.05) is 12.1 Å². The largest absolute Gasteiger partial charge is 0.872 e. The molecule has 0 N–H and O–H groups in total. The summed E-state index contributed by atoms with van der Waals surface area (Å²) in [6, 6.07) is 7.08. The third-order valence-corrected chi connectivity index (χ3v) is 2.06. The van der Waals surface area contributed by atoms with Gasteiger partial charge in [0.25, 0.3) is 0 Å². The summed E-state index contributed by atoms with van der Waals surface area (Å²) in [5.74, 6) is 0.660. The maximum Gasteiger partial charge on any atom is -0.0193 e. The molecule has 11 heavy (non-hydrogen) atoms. The van der Waals surface area contributed by atoms with Crippen LogP contribution in [-0.2, 0) is 0 Å². The van der Waals surface area contributed by atoms with Crippen molar-refractivity contribution in [2.45, 2.75) is 26.2 Å². The molecule has 0 bridgehead atoms. The highest BCUT2D eigenvalue weighted by Gasteiger charge is 1.99. The highest BCUT2D eigenvalue weighted by Crippen LogP contribution is 2.19. The van der Waals surface area contributed by atoms with Gasteiger partial charge in [-0.15, -0.1) is 5.75 Å². The predicted octanol–water partition coefficient (Wildman–Crippen LogP) is 2.27. The standard InChI is InChI=1S/C10H14O/c1-3-8(2)9-4-6-10(11)7-5-9/h4-8,11H,3H2,1-2H3/p-1. The van der Waals surface area contributed by atoms with Gasteiger partial charge in [0.05, 0.1) is 0 Å². The monoisotopic (exact) mass is 149 g/mol. The summed E-state index contributed by atoms with van der Waals surface area (Å²) >= 11 is 0. The van der Waals surface area contributed by atoms with Gasteiger partial charge in [0.15, 0.2) is 0 Å². The van der Waals surface area contributed by atoms with Gasteiger partial charge in [0, 0.05) is 0 Å². The van der Waals surface area contributed by atoms with Crippen molar-refractivity contribution in [2.75, 3.05) is 0 Å². The molecule has 1 rings (SSSR count). The Labute approximate surface area is 67.7 Å². The lowest BCUT2D eigenvalue weighted by Crippen LogP contribution is -1.93. The molecule has 1 heteroatoms. The molecule has 1 unspecified atom stereocenters. The van der Waals surface area contributed by atoms with E-state index in [1.54, 1.807) is 12.1 Å². The van der Waals surface area contributed by atoms with E-state index in [-0.39, 0.29) is 5.75 Å². The van der Waals surface area contributed by atoms with Crippen molar-refractivity contribution in [1.29, 1.82) is 0 Å². The number of benzene rings is 1. The maximum atomic E-state index is 10.7. The molecule has 0 aliphatic heterocycles. The first-order chi connectivity index (χ1) is 5.24. The average Bonchev–Trinajstić information content (AvgIpc) is 2.05. The molecule has 0 radical (unpaired) electrons. The Morgan fingerprint density at radius 3 is 2.27 bits per heavy atom. The van der Waals surface area contributed by atoms with E-state index in [0.29, 0.717) is 5.92 Å². The van der Waals surface area contributed by atoms with Gasteiger partial charge in [0.2, 0.25) is 0 Å². The summed E-state index contributed by atoms with van der Waals surface area (Å²) in [7, 11) is 0. The van der Waals surface area contributed by atoms with Crippen LogP contribution in [0.25, 0.3) is 0 Å². The molecule has 0 heterocycles. The number of hydrogen-bond acceptors (Lipinski definition) is 1. The van der Waals surface area contributed by atoms with Gasteiger partial charge in [-0.2, -0.15) is 0 Å². The van der Waals surface area contributed by atoms with Gasteiger partial charge in [-0.25, -0.2) is 0 Å². The first-order valence-corrected chi connectivity index (χ1v) is 4.01. The Morgan fingerprint density at radius 1 is 1.27 bits per heavy atom. The van der Waals surface area contributed by atoms with Crippen LogP contribution >= 0.6 is 0 Å². The van der Waals surface area contributed by atoms with E-state index in [0.717, 1.165) is 6.42 Å². The Morgan fingerprint density at radius 2 is 1.82 bits per heavy atom. The first-order valence-electron chi connectivity index (χ1n) is 4.01.